The van der Waals surface area contributed by atoms with E-state index in [-0.39, 0.29) is 11.5 Å². The molecule has 32 heavy (non-hydrogen) atoms. The lowest BCUT2D eigenvalue weighted by molar-refractivity contribution is -0.298. The Morgan fingerprint density at radius 3 is 2.28 bits per heavy atom. The first-order valence-electron chi connectivity index (χ1n) is 14.2. The first-order chi connectivity index (χ1) is 15.2. The van der Waals surface area contributed by atoms with Gasteiger partial charge in [0, 0.05) is 12.3 Å². The Bertz CT molecular complexity index is 669. The lowest BCUT2D eigenvalue weighted by Crippen LogP contribution is -2.63. The van der Waals surface area contributed by atoms with Gasteiger partial charge in [0.15, 0.2) is 5.79 Å². The standard InChI is InChI=1S/C29H50O3/c1-19(2)7-6-8-20(3)23-9-10-24-22-18-29(31-15-16-32-29)26-17-21(30)11-13-28(26,5)25(22)12-14-27(23,24)4/h19-26,30H,6-18H2,1-5H3/t20-,21-,22+,23-,24-,25+,26-,27+,28+/m0/s1. The van der Waals surface area contributed by atoms with E-state index in [9.17, 15) is 5.11 Å². The van der Waals surface area contributed by atoms with Gasteiger partial charge in [-0.05, 0) is 91.3 Å². The fourth-order valence-corrected chi connectivity index (χ4v) is 10.1. The van der Waals surface area contributed by atoms with Crippen molar-refractivity contribution in [2.45, 2.75) is 117 Å². The summed E-state index contributed by atoms with van der Waals surface area (Å²) in [6, 6.07) is 0. The number of fused-ring (bicyclic) bond motifs is 6. The molecule has 4 aliphatic carbocycles. The summed E-state index contributed by atoms with van der Waals surface area (Å²) in [7, 11) is 0. The molecule has 0 radical (unpaired) electrons. The van der Waals surface area contributed by atoms with E-state index in [1.54, 1.807) is 0 Å². The zero-order chi connectivity index (χ0) is 22.7. The van der Waals surface area contributed by atoms with Gasteiger partial charge in [0.05, 0.1) is 19.3 Å². The average Bonchev–Trinajstić information content (AvgIpc) is 3.34. The number of aliphatic hydroxyl groups excluding tert-OH is 1. The summed E-state index contributed by atoms with van der Waals surface area (Å²) in [5, 5.41) is 10.6. The van der Waals surface area contributed by atoms with Gasteiger partial charge >= 0.3 is 0 Å². The maximum Gasteiger partial charge on any atom is 0.172 e. The third-order valence-electron chi connectivity index (χ3n) is 11.6. The summed E-state index contributed by atoms with van der Waals surface area (Å²) < 4.78 is 13.0. The summed E-state index contributed by atoms with van der Waals surface area (Å²) in [5.41, 5.74) is 0.754. The molecule has 1 spiro atoms. The first-order valence-corrected chi connectivity index (χ1v) is 14.2. The van der Waals surface area contributed by atoms with Gasteiger partial charge in [-0.3, -0.25) is 0 Å². The van der Waals surface area contributed by atoms with Crippen LogP contribution in [0.3, 0.4) is 0 Å². The Morgan fingerprint density at radius 1 is 0.875 bits per heavy atom. The van der Waals surface area contributed by atoms with Crippen molar-refractivity contribution in [3.63, 3.8) is 0 Å². The van der Waals surface area contributed by atoms with Crippen LogP contribution >= 0.6 is 0 Å². The molecule has 5 aliphatic rings. The van der Waals surface area contributed by atoms with E-state index in [2.05, 4.69) is 34.6 Å². The molecule has 5 rings (SSSR count). The first kappa shape index (κ1) is 23.6. The third kappa shape index (κ3) is 3.63. The molecule has 1 saturated heterocycles. The highest BCUT2D eigenvalue weighted by atomic mass is 16.7. The van der Waals surface area contributed by atoms with E-state index in [0.717, 1.165) is 74.4 Å². The van der Waals surface area contributed by atoms with E-state index < -0.39 is 5.79 Å². The fourth-order valence-electron chi connectivity index (χ4n) is 10.1. The summed E-state index contributed by atoms with van der Waals surface area (Å²) in [6.07, 6.45) is 13.7. The van der Waals surface area contributed by atoms with Gasteiger partial charge in [0.1, 0.15) is 0 Å². The molecular formula is C29H50O3. The molecule has 184 valence electrons. The lowest BCUT2D eigenvalue weighted by atomic mass is 9.43. The summed E-state index contributed by atoms with van der Waals surface area (Å²) in [4.78, 5) is 0. The number of hydrogen-bond donors (Lipinski definition) is 1. The number of ether oxygens (including phenoxy) is 2. The molecular weight excluding hydrogens is 396 g/mol. The van der Waals surface area contributed by atoms with Gasteiger partial charge < -0.3 is 14.6 Å². The minimum absolute atomic E-state index is 0.175. The lowest BCUT2D eigenvalue weighted by Gasteiger charge is -2.65. The summed E-state index contributed by atoms with van der Waals surface area (Å²) in [5.74, 6) is 4.86. The van der Waals surface area contributed by atoms with E-state index in [4.69, 9.17) is 9.47 Å². The summed E-state index contributed by atoms with van der Waals surface area (Å²) in [6.45, 7) is 14.0. The Hall–Kier alpha value is -0.120. The Morgan fingerprint density at radius 2 is 1.56 bits per heavy atom. The number of hydrogen-bond acceptors (Lipinski definition) is 3. The fraction of sp³-hybridized carbons (Fsp3) is 1.00. The minimum atomic E-state index is -0.420. The van der Waals surface area contributed by atoms with Crippen molar-refractivity contribution in [3.8, 4) is 0 Å². The van der Waals surface area contributed by atoms with Gasteiger partial charge in [-0.1, -0.05) is 53.9 Å². The van der Waals surface area contributed by atoms with Crippen LogP contribution in [0.25, 0.3) is 0 Å². The van der Waals surface area contributed by atoms with Crippen LogP contribution in [-0.2, 0) is 9.47 Å². The Labute approximate surface area is 197 Å². The Balaban J connectivity index is 1.39. The van der Waals surface area contributed by atoms with Gasteiger partial charge in [-0.25, -0.2) is 0 Å². The SMILES string of the molecule is CC(C)CCC[C@H](C)[C@@H]1CC[C@H]2[C@H]3CC4(OCCO4)[C@H]4C[C@@H](O)CC[C@]4(C)[C@@H]3CC[C@@]21C. The average molecular weight is 447 g/mol. The van der Waals surface area contributed by atoms with E-state index >= 15 is 0 Å². The van der Waals surface area contributed by atoms with Crippen LogP contribution in [0.1, 0.15) is 105 Å². The topological polar surface area (TPSA) is 38.7 Å². The van der Waals surface area contributed by atoms with Crippen LogP contribution in [0, 0.1) is 52.3 Å². The van der Waals surface area contributed by atoms with Crippen LogP contribution in [-0.4, -0.2) is 30.2 Å². The molecule has 1 heterocycles. The third-order valence-corrected chi connectivity index (χ3v) is 11.6. The largest absolute Gasteiger partial charge is 0.393 e. The summed E-state index contributed by atoms with van der Waals surface area (Å²) >= 11 is 0. The molecule has 0 aromatic carbocycles. The molecule has 4 saturated carbocycles. The van der Waals surface area contributed by atoms with E-state index in [1.165, 1.54) is 44.9 Å². The molecule has 0 unspecified atom stereocenters. The second-order valence-electron chi connectivity index (χ2n) is 13.6. The van der Waals surface area contributed by atoms with Gasteiger partial charge in [0.25, 0.3) is 0 Å². The number of rotatable bonds is 5. The zero-order valence-electron chi connectivity index (χ0n) is 21.6. The highest BCUT2D eigenvalue weighted by Crippen LogP contribution is 2.70. The van der Waals surface area contributed by atoms with Crippen molar-refractivity contribution in [2.75, 3.05) is 13.2 Å². The van der Waals surface area contributed by atoms with E-state index in [0.29, 0.717) is 11.3 Å². The van der Waals surface area contributed by atoms with Crippen LogP contribution in [0.15, 0.2) is 0 Å². The maximum absolute atomic E-state index is 10.6. The molecule has 0 amide bonds. The smallest absolute Gasteiger partial charge is 0.172 e. The second-order valence-corrected chi connectivity index (χ2v) is 13.6. The molecule has 0 bridgehead atoms. The zero-order valence-corrected chi connectivity index (χ0v) is 21.6. The molecule has 3 nitrogen and oxygen atoms in total. The van der Waals surface area contributed by atoms with Crippen molar-refractivity contribution in [1.29, 1.82) is 0 Å². The van der Waals surface area contributed by atoms with Crippen LogP contribution in [0.4, 0.5) is 0 Å². The van der Waals surface area contributed by atoms with Crippen molar-refractivity contribution in [2.24, 2.45) is 52.3 Å². The van der Waals surface area contributed by atoms with Gasteiger partial charge in [-0.15, -0.1) is 0 Å². The van der Waals surface area contributed by atoms with Crippen LogP contribution in [0.5, 0.6) is 0 Å². The molecule has 5 fully saturated rings. The van der Waals surface area contributed by atoms with Crippen molar-refractivity contribution >= 4 is 0 Å². The highest BCUT2D eigenvalue weighted by Gasteiger charge is 2.67. The van der Waals surface area contributed by atoms with Crippen LogP contribution in [0.2, 0.25) is 0 Å². The molecule has 0 aromatic rings. The second kappa shape index (κ2) is 8.52. The van der Waals surface area contributed by atoms with Crippen LogP contribution < -0.4 is 0 Å². The molecule has 1 N–H and O–H groups in total. The molecule has 3 heteroatoms. The minimum Gasteiger partial charge on any atom is -0.393 e. The van der Waals surface area contributed by atoms with Crippen molar-refractivity contribution in [1.82, 2.24) is 0 Å². The van der Waals surface area contributed by atoms with E-state index in [1.807, 2.05) is 0 Å². The van der Waals surface area contributed by atoms with Gasteiger partial charge in [0.2, 0.25) is 0 Å². The molecule has 1 aliphatic heterocycles. The molecule has 9 atom stereocenters. The Kier molecular flexibility index (Phi) is 6.29. The van der Waals surface area contributed by atoms with Crippen molar-refractivity contribution in [3.05, 3.63) is 0 Å². The van der Waals surface area contributed by atoms with Gasteiger partial charge in [-0.2, -0.15) is 0 Å². The predicted octanol–water partition coefficient (Wildman–Crippen LogP) is 6.82. The monoisotopic (exact) mass is 446 g/mol. The normalized spacial score (nSPS) is 48.5. The maximum atomic E-state index is 10.6. The predicted molar refractivity (Wildman–Crippen MR) is 129 cm³/mol. The number of aliphatic hydroxyl groups is 1. The molecule has 0 aromatic heterocycles. The van der Waals surface area contributed by atoms with Crippen molar-refractivity contribution < 1.29 is 14.6 Å². The quantitative estimate of drug-likeness (QED) is 0.503. The highest BCUT2D eigenvalue weighted by molar-refractivity contribution is 5.14.